The van der Waals surface area contributed by atoms with E-state index in [9.17, 15) is 5.11 Å². The fourth-order valence-electron chi connectivity index (χ4n) is 1.59. The van der Waals surface area contributed by atoms with Crippen molar-refractivity contribution in [2.75, 3.05) is 19.5 Å². The summed E-state index contributed by atoms with van der Waals surface area (Å²) in [5, 5.41) is 18.3. The van der Waals surface area contributed by atoms with Crippen LogP contribution in [0.4, 0.5) is 5.13 Å². The highest BCUT2D eigenvalue weighted by atomic mass is 32.1. The van der Waals surface area contributed by atoms with Crippen LogP contribution in [0, 0.1) is 0 Å². The van der Waals surface area contributed by atoms with Crippen molar-refractivity contribution >= 4 is 28.3 Å². The van der Waals surface area contributed by atoms with E-state index in [-0.39, 0.29) is 5.75 Å². The Morgan fingerprint density at radius 1 is 1.45 bits per heavy atom. The van der Waals surface area contributed by atoms with Crippen molar-refractivity contribution in [3.05, 3.63) is 28.8 Å². The number of hydrogen-bond donors (Lipinski definition) is 2. The maximum absolute atomic E-state index is 9.58. The standard InChI is InChI=1S/C13H15N3O3S/c1-3-19-11(12-15-16-13(14)20-12)7-8-4-5-9(17)10(6-8)18-2/h4-7,17H,3H2,1-2H3,(H2,14,16)/b11-7-. The molecule has 0 aliphatic rings. The first-order valence-electron chi connectivity index (χ1n) is 5.95. The van der Waals surface area contributed by atoms with Crippen molar-refractivity contribution in [1.82, 2.24) is 10.2 Å². The van der Waals surface area contributed by atoms with E-state index in [4.69, 9.17) is 15.2 Å². The van der Waals surface area contributed by atoms with E-state index in [2.05, 4.69) is 10.2 Å². The maximum atomic E-state index is 9.58. The van der Waals surface area contributed by atoms with E-state index >= 15 is 0 Å². The fraction of sp³-hybridized carbons (Fsp3) is 0.231. The quantitative estimate of drug-likeness (QED) is 0.822. The molecule has 1 aromatic heterocycles. The van der Waals surface area contributed by atoms with Gasteiger partial charge in [0.2, 0.25) is 5.13 Å². The molecule has 2 rings (SSSR count). The molecule has 3 N–H and O–H groups in total. The molecule has 0 amide bonds. The van der Waals surface area contributed by atoms with Crippen LogP contribution in [0.25, 0.3) is 11.8 Å². The summed E-state index contributed by atoms with van der Waals surface area (Å²) in [5.74, 6) is 1.06. The Morgan fingerprint density at radius 3 is 2.85 bits per heavy atom. The van der Waals surface area contributed by atoms with Gasteiger partial charge < -0.3 is 20.3 Å². The highest BCUT2D eigenvalue weighted by Crippen LogP contribution is 2.29. The number of hydrogen-bond acceptors (Lipinski definition) is 7. The van der Waals surface area contributed by atoms with Crippen LogP contribution in [0.2, 0.25) is 0 Å². The topological polar surface area (TPSA) is 90.5 Å². The van der Waals surface area contributed by atoms with E-state index in [1.807, 2.05) is 6.92 Å². The summed E-state index contributed by atoms with van der Waals surface area (Å²) < 4.78 is 10.6. The Hall–Kier alpha value is -2.28. The summed E-state index contributed by atoms with van der Waals surface area (Å²) in [4.78, 5) is 0. The molecule has 0 fully saturated rings. The Balaban J connectivity index is 2.38. The molecule has 1 heterocycles. The smallest absolute Gasteiger partial charge is 0.203 e. The van der Waals surface area contributed by atoms with E-state index in [1.54, 1.807) is 24.3 Å². The normalized spacial score (nSPS) is 11.4. The number of anilines is 1. The van der Waals surface area contributed by atoms with Crippen molar-refractivity contribution in [1.29, 1.82) is 0 Å². The summed E-state index contributed by atoms with van der Waals surface area (Å²) in [6.45, 7) is 2.39. The molecule has 0 saturated heterocycles. The Bertz CT molecular complexity index is 625. The summed E-state index contributed by atoms with van der Waals surface area (Å²) in [6, 6.07) is 5.02. The molecule has 1 aromatic carbocycles. The average molecular weight is 293 g/mol. The first-order chi connectivity index (χ1) is 9.63. The van der Waals surface area contributed by atoms with Gasteiger partial charge in [-0.2, -0.15) is 0 Å². The minimum atomic E-state index is 0.0859. The lowest BCUT2D eigenvalue weighted by Crippen LogP contribution is -1.92. The second-order valence-electron chi connectivity index (χ2n) is 3.82. The molecule has 6 nitrogen and oxygen atoms in total. The molecule has 0 aliphatic carbocycles. The molecule has 0 unspecified atom stereocenters. The first-order valence-corrected chi connectivity index (χ1v) is 6.76. The van der Waals surface area contributed by atoms with E-state index in [1.165, 1.54) is 18.4 Å². The number of benzene rings is 1. The molecule has 0 saturated carbocycles. The van der Waals surface area contributed by atoms with Gasteiger partial charge in [-0.05, 0) is 30.7 Å². The highest BCUT2D eigenvalue weighted by molar-refractivity contribution is 7.16. The molecule has 7 heteroatoms. The van der Waals surface area contributed by atoms with Crippen molar-refractivity contribution in [2.45, 2.75) is 6.92 Å². The molecular weight excluding hydrogens is 278 g/mol. The second-order valence-corrected chi connectivity index (χ2v) is 4.83. The Morgan fingerprint density at radius 2 is 2.25 bits per heavy atom. The third-order valence-electron chi connectivity index (χ3n) is 2.45. The van der Waals surface area contributed by atoms with Crippen LogP contribution in [0.1, 0.15) is 17.5 Å². The zero-order valence-corrected chi connectivity index (χ0v) is 12.0. The highest BCUT2D eigenvalue weighted by Gasteiger charge is 2.10. The van der Waals surface area contributed by atoms with E-state index in [0.717, 1.165) is 5.56 Å². The number of ether oxygens (including phenoxy) is 2. The van der Waals surface area contributed by atoms with E-state index < -0.39 is 0 Å². The van der Waals surface area contributed by atoms with Gasteiger partial charge in [-0.1, -0.05) is 17.4 Å². The molecule has 2 aromatic rings. The zero-order valence-electron chi connectivity index (χ0n) is 11.2. The van der Waals surface area contributed by atoms with Gasteiger partial charge in [0.25, 0.3) is 0 Å². The SMILES string of the molecule is CCO/C(=C\c1ccc(O)c(OC)c1)c1nnc(N)s1. The number of aromatic hydroxyl groups is 1. The molecule has 0 aliphatic heterocycles. The zero-order chi connectivity index (χ0) is 14.5. The van der Waals surface area contributed by atoms with Crippen LogP contribution in [-0.4, -0.2) is 29.0 Å². The molecule has 0 bridgehead atoms. The van der Waals surface area contributed by atoms with Crippen molar-refractivity contribution < 1.29 is 14.6 Å². The third-order valence-corrected chi connectivity index (χ3v) is 3.22. The average Bonchev–Trinajstić information content (AvgIpc) is 2.87. The van der Waals surface area contributed by atoms with Gasteiger partial charge >= 0.3 is 0 Å². The van der Waals surface area contributed by atoms with Gasteiger partial charge in [0, 0.05) is 0 Å². The lowest BCUT2D eigenvalue weighted by molar-refractivity contribution is 0.299. The number of phenolic OH excluding ortho intramolecular Hbond substituents is 1. The number of nitrogens with two attached hydrogens (primary N) is 1. The number of nitrogen functional groups attached to an aromatic ring is 1. The number of nitrogens with zero attached hydrogens (tertiary/aromatic N) is 2. The monoisotopic (exact) mass is 293 g/mol. The molecule has 106 valence electrons. The van der Waals surface area contributed by atoms with Crippen LogP contribution < -0.4 is 10.5 Å². The largest absolute Gasteiger partial charge is 0.504 e. The number of rotatable bonds is 5. The summed E-state index contributed by atoms with van der Waals surface area (Å²) in [5.41, 5.74) is 6.40. The lowest BCUT2D eigenvalue weighted by Gasteiger charge is -2.07. The van der Waals surface area contributed by atoms with Crippen LogP contribution in [0.5, 0.6) is 11.5 Å². The minimum absolute atomic E-state index is 0.0859. The van der Waals surface area contributed by atoms with Gasteiger partial charge in [-0.25, -0.2) is 0 Å². The van der Waals surface area contributed by atoms with Crippen LogP contribution >= 0.6 is 11.3 Å². The molecule has 0 radical (unpaired) electrons. The summed E-state index contributed by atoms with van der Waals surface area (Å²) in [6.07, 6.45) is 1.80. The van der Waals surface area contributed by atoms with Gasteiger partial charge in [0.15, 0.2) is 22.3 Å². The predicted octanol–water partition coefficient (Wildman–Crippen LogP) is 2.37. The Kier molecular flexibility index (Phi) is 4.41. The molecule has 0 spiro atoms. The van der Waals surface area contributed by atoms with Gasteiger partial charge in [0.05, 0.1) is 13.7 Å². The van der Waals surface area contributed by atoms with Gasteiger partial charge in [0.1, 0.15) is 0 Å². The first kappa shape index (κ1) is 14.1. The molecular formula is C13H15N3O3S. The predicted molar refractivity (Wildman–Crippen MR) is 78.5 cm³/mol. The summed E-state index contributed by atoms with van der Waals surface area (Å²) in [7, 11) is 1.50. The summed E-state index contributed by atoms with van der Waals surface area (Å²) >= 11 is 1.25. The van der Waals surface area contributed by atoms with Crippen molar-refractivity contribution in [3.8, 4) is 11.5 Å². The number of phenols is 1. The number of methoxy groups -OCH3 is 1. The lowest BCUT2D eigenvalue weighted by atomic mass is 10.2. The van der Waals surface area contributed by atoms with Crippen LogP contribution in [0.15, 0.2) is 18.2 Å². The molecule has 20 heavy (non-hydrogen) atoms. The van der Waals surface area contributed by atoms with Gasteiger partial charge in [-0.15, -0.1) is 10.2 Å². The van der Waals surface area contributed by atoms with Crippen molar-refractivity contribution in [3.63, 3.8) is 0 Å². The van der Waals surface area contributed by atoms with Crippen molar-refractivity contribution in [2.24, 2.45) is 0 Å². The third kappa shape index (κ3) is 3.18. The van der Waals surface area contributed by atoms with Crippen LogP contribution in [-0.2, 0) is 4.74 Å². The van der Waals surface area contributed by atoms with E-state index in [0.29, 0.717) is 28.3 Å². The maximum Gasteiger partial charge on any atom is 0.203 e. The second kappa shape index (κ2) is 6.25. The minimum Gasteiger partial charge on any atom is -0.504 e. The van der Waals surface area contributed by atoms with Gasteiger partial charge in [-0.3, -0.25) is 0 Å². The number of aromatic nitrogens is 2. The molecule has 0 atom stereocenters. The fourth-order valence-corrected chi connectivity index (χ4v) is 2.17. The Labute approximate surface area is 120 Å². The van der Waals surface area contributed by atoms with Crippen LogP contribution in [0.3, 0.4) is 0 Å².